The first-order valence-corrected chi connectivity index (χ1v) is 6.92. The Labute approximate surface area is 120 Å². The highest BCUT2D eigenvalue weighted by Crippen LogP contribution is 2.26. The van der Waals surface area contributed by atoms with Crippen LogP contribution in [-0.4, -0.2) is 29.8 Å². The number of nitrogen functional groups attached to an aromatic ring is 1. The first-order chi connectivity index (χ1) is 9.47. The monoisotopic (exact) mass is 280 g/mol. The summed E-state index contributed by atoms with van der Waals surface area (Å²) in [6.45, 7) is 6.21. The minimum absolute atomic E-state index is 0.0210. The number of carbonyl (C=O) groups is 1. The second-order valence-corrected chi connectivity index (χ2v) is 5.00. The number of rotatable bonds is 7. The molecule has 1 aromatic rings. The van der Waals surface area contributed by atoms with Gasteiger partial charge in [0.2, 0.25) is 0 Å². The Kier molecular flexibility index (Phi) is 5.82. The van der Waals surface area contributed by atoms with Crippen LogP contribution in [0.25, 0.3) is 0 Å². The molecule has 5 heteroatoms. The third-order valence-electron chi connectivity index (χ3n) is 3.44. The van der Waals surface area contributed by atoms with Crippen LogP contribution in [0.5, 0.6) is 5.75 Å². The highest BCUT2D eigenvalue weighted by molar-refractivity contribution is 6.02. The third kappa shape index (κ3) is 3.87. The molecule has 4 N–H and O–H groups in total. The summed E-state index contributed by atoms with van der Waals surface area (Å²) in [6, 6.07) is 5.15. The average molecular weight is 280 g/mol. The molecule has 0 aliphatic carbocycles. The van der Waals surface area contributed by atoms with E-state index < -0.39 is 5.54 Å². The van der Waals surface area contributed by atoms with E-state index in [0.29, 0.717) is 30.0 Å². The van der Waals surface area contributed by atoms with Gasteiger partial charge in [0.15, 0.2) is 0 Å². The maximum atomic E-state index is 12.5. The zero-order chi connectivity index (χ0) is 15.2. The fourth-order valence-corrected chi connectivity index (χ4v) is 1.98. The summed E-state index contributed by atoms with van der Waals surface area (Å²) in [5, 5.41) is 12.1. The lowest BCUT2D eigenvalue weighted by Crippen LogP contribution is -2.46. The number of ether oxygens (including phenoxy) is 1. The highest BCUT2D eigenvalue weighted by Gasteiger charge is 2.26. The Morgan fingerprint density at radius 3 is 2.70 bits per heavy atom. The number of carbonyl (C=O) groups excluding carboxylic acids is 1. The summed E-state index contributed by atoms with van der Waals surface area (Å²) in [6.07, 6.45) is 1.21. The van der Waals surface area contributed by atoms with Gasteiger partial charge in [0.05, 0.1) is 6.61 Å². The number of hydrogen-bond acceptors (Lipinski definition) is 4. The van der Waals surface area contributed by atoms with Gasteiger partial charge >= 0.3 is 0 Å². The van der Waals surface area contributed by atoms with Crippen molar-refractivity contribution in [1.29, 1.82) is 0 Å². The van der Waals surface area contributed by atoms with Gasteiger partial charge in [-0.05, 0) is 38.8 Å². The van der Waals surface area contributed by atoms with Gasteiger partial charge in [-0.15, -0.1) is 0 Å². The molecule has 0 radical (unpaired) electrons. The summed E-state index contributed by atoms with van der Waals surface area (Å²) in [7, 11) is 0. The molecule has 0 aliphatic rings. The molecule has 5 nitrogen and oxygen atoms in total. The second-order valence-electron chi connectivity index (χ2n) is 5.00. The molecule has 0 saturated heterocycles. The van der Waals surface area contributed by atoms with Crippen LogP contribution >= 0.6 is 0 Å². The van der Waals surface area contributed by atoms with Crippen LogP contribution in [-0.2, 0) is 0 Å². The number of hydrogen-bond donors (Lipinski definition) is 3. The Morgan fingerprint density at radius 2 is 2.15 bits per heavy atom. The number of anilines is 1. The predicted octanol–water partition coefficient (Wildman–Crippen LogP) is 1.95. The Hall–Kier alpha value is -1.75. The van der Waals surface area contributed by atoms with E-state index in [2.05, 4.69) is 5.32 Å². The smallest absolute Gasteiger partial charge is 0.257 e. The summed E-state index contributed by atoms with van der Waals surface area (Å²) < 4.78 is 5.46. The van der Waals surface area contributed by atoms with Crippen LogP contribution in [0.1, 0.15) is 44.0 Å². The molecule has 0 spiro atoms. The van der Waals surface area contributed by atoms with Crippen LogP contribution in [0, 0.1) is 0 Å². The lowest BCUT2D eigenvalue weighted by molar-refractivity contribution is 0.0883. The van der Waals surface area contributed by atoms with Crippen molar-refractivity contribution in [1.82, 2.24) is 5.32 Å². The minimum Gasteiger partial charge on any atom is -0.493 e. The quantitative estimate of drug-likeness (QED) is 0.666. The average Bonchev–Trinajstić information content (AvgIpc) is 2.39. The zero-order valence-electron chi connectivity index (χ0n) is 12.4. The number of aliphatic hydroxyl groups is 1. The normalized spacial score (nSPS) is 13.6. The van der Waals surface area contributed by atoms with Gasteiger partial charge in [0, 0.05) is 17.8 Å². The lowest BCUT2D eigenvalue weighted by atomic mass is 9.94. The van der Waals surface area contributed by atoms with Crippen molar-refractivity contribution in [3.8, 4) is 5.75 Å². The number of nitrogens with one attached hydrogen (secondary N) is 1. The molecule has 0 fully saturated rings. The van der Waals surface area contributed by atoms with Crippen LogP contribution in [0.15, 0.2) is 18.2 Å². The van der Waals surface area contributed by atoms with Crippen molar-refractivity contribution in [2.24, 2.45) is 0 Å². The molecule has 1 atom stereocenters. The van der Waals surface area contributed by atoms with Crippen molar-refractivity contribution in [3.05, 3.63) is 23.8 Å². The van der Waals surface area contributed by atoms with Crippen molar-refractivity contribution >= 4 is 11.6 Å². The van der Waals surface area contributed by atoms with Gasteiger partial charge in [0.1, 0.15) is 11.3 Å². The minimum atomic E-state index is -0.461. The molecule has 0 saturated carbocycles. The molecule has 0 bridgehead atoms. The van der Waals surface area contributed by atoms with E-state index in [-0.39, 0.29) is 12.5 Å². The molecule has 1 rings (SSSR count). The summed E-state index contributed by atoms with van der Waals surface area (Å²) >= 11 is 0. The molecule has 112 valence electrons. The predicted molar refractivity (Wildman–Crippen MR) is 79.9 cm³/mol. The number of aliphatic hydroxyl groups excluding tert-OH is 1. The molecular weight excluding hydrogens is 256 g/mol. The zero-order valence-corrected chi connectivity index (χ0v) is 12.4. The fourth-order valence-electron chi connectivity index (χ4n) is 1.98. The van der Waals surface area contributed by atoms with Gasteiger partial charge in [-0.25, -0.2) is 0 Å². The number of benzene rings is 1. The summed E-state index contributed by atoms with van der Waals surface area (Å²) in [4.78, 5) is 12.5. The van der Waals surface area contributed by atoms with Crippen LogP contribution < -0.4 is 15.8 Å². The van der Waals surface area contributed by atoms with E-state index in [1.54, 1.807) is 18.2 Å². The first-order valence-electron chi connectivity index (χ1n) is 6.92. The van der Waals surface area contributed by atoms with Crippen LogP contribution in [0.3, 0.4) is 0 Å². The van der Waals surface area contributed by atoms with Crippen molar-refractivity contribution < 1.29 is 14.6 Å². The molecule has 1 unspecified atom stereocenters. The Bertz CT molecular complexity index is 462. The van der Waals surface area contributed by atoms with Gasteiger partial charge in [-0.2, -0.15) is 0 Å². The van der Waals surface area contributed by atoms with Gasteiger partial charge in [-0.3, -0.25) is 4.79 Å². The van der Waals surface area contributed by atoms with Crippen molar-refractivity contribution in [2.45, 2.75) is 39.2 Å². The van der Waals surface area contributed by atoms with Crippen molar-refractivity contribution in [3.63, 3.8) is 0 Å². The van der Waals surface area contributed by atoms with E-state index in [4.69, 9.17) is 15.6 Å². The molecule has 0 aromatic heterocycles. The van der Waals surface area contributed by atoms with E-state index in [1.807, 2.05) is 20.8 Å². The lowest BCUT2D eigenvalue weighted by Gasteiger charge is -2.29. The van der Waals surface area contributed by atoms with E-state index in [0.717, 1.165) is 6.42 Å². The van der Waals surface area contributed by atoms with Crippen molar-refractivity contribution in [2.75, 3.05) is 18.9 Å². The first kappa shape index (κ1) is 16.3. The number of nitrogens with two attached hydrogens (primary N) is 1. The Balaban J connectivity index is 3.02. The largest absolute Gasteiger partial charge is 0.493 e. The van der Waals surface area contributed by atoms with Crippen LogP contribution in [0.2, 0.25) is 0 Å². The Morgan fingerprint density at radius 1 is 1.45 bits per heavy atom. The molecule has 1 aromatic carbocycles. The van der Waals surface area contributed by atoms with Crippen LogP contribution in [0.4, 0.5) is 5.69 Å². The molecule has 0 heterocycles. The van der Waals surface area contributed by atoms with Gasteiger partial charge < -0.3 is 20.9 Å². The van der Waals surface area contributed by atoms with Gasteiger partial charge in [0.25, 0.3) is 5.91 Å². The van der Waals surface area contributed by atoms with E-state index in [9.17, 15) is 4.79 Å². The summed E-state index contributed by atoms with van der Waals surface area (Å²) in [5.41, 5.74) is 6.17. The van der Waals surface area contributed by atoms with Gasteiger partial charge in [-0.1, -0.05) is 13.0 Å². The SMILES string of the molecule is CCOc1cccc(N)c1C(=O)NC(C)(CC)CCO. The maximum Gasteiger partial charge on any atom is 0.257 e. The highest BCUT2D eigenvalue weighted by atomic mass is 16.5. The van der Waals surface area contributed by atoms with E-state index in [1.165, 1.54) is 0 Å². The maximum absolute atomic E-state index is 12.5. The third-order valence-corrected chi connectivity index (χ3v) is 3.44. The molecule has 20 heavy (non-hydrogen) atoms. The fraction of sp³-hybridized carbons (Fsp3) is 0.533. The van der Waals surface area contributed by atoms with E-state index >= 15 is 0 Å². The number of amides is 1. The topological polar surface area (TPSA) is 84.6 Å². The molecule has 0 aliphatic heterocycles. The second kappa shape index (κ2) is 7.14. The summed E-state index contributed by atoms with van der Waals surface area (Å²) in [5.74, 6) is 0.205. The molecule has 1 amide bonds. The molecular formula is C15H24N2O3. The standard InChI is InChI=1S/C15H24N2O3/c1-4-15(3,9-10-18)17-14(19)13-11(16)7-6-8-12(13)20-5-2/h6-8,18H,4-5,9-10,16H2,1-3H3,(H,17,19).